The van der Waals surface area contributed by atoms with E-state index in [0.29, 0.717) is 0 Å². The standard InChI is InChI=1S/C24H15N4.C13H24O2.Ir/c1-13-7-8-16-15(11-13)12-18-22-21(16)17-5-3-4-6-19(17)27(22)24-14(2)26-20-9-10-25-23(18)28(20)24;1-5-10(6-2)12(14)9-13(15)11(7-3)8-4;/h3-11H,1-2H3;9-11,14H,5-8H2,1-4H3;/q-1;;/b;12-9-;. The van der Waals surface area contributed by atoms with Gasteiger partial charge >= 0.3 is 0 Å². The van der Waals surface area contributed by atoms with Gasteiger partial charge in [-0.2, -0.15) is 0 Å². The minimum Gasteiger partial charge on any atom is -0.512 e. The fourth-order valence-corrected chi connectivity index (χ4v) is 6.62. The molecule has 7 heteroatoms. The normalized spacial score (nSPS) is 12.3. The van der Waals surface area contributed by atoms with Crippen molar-refractivity contribution in [3.8, 4) is 0 Å². The number of hydrogen-bond acceptors (Lipinski definition) is 4. The van der Waals surface area contributed by atoms with Gasteiger partial charge in [0.2, 0.25) is 0 Å². The van der Waals surface area contributed by atoms with Gasteiger partial charge in [0, 0.05) is 49.7 Å². The van der Waals surface area contributed by atoms with Gasteiger partial charge in [-0.3, -0.25) is 14.2 Å². The molecule has 0 aliphatic carbocycles. The summed E-state index contributed by atoms with van der Waals surface area (Å²) in [5.74, 6) is 0.547. The van der Waals surface area contributed by atoms with Gasteiger partial charge in [-0.15, -0.1) is 17.5 Å². The monoisotopic (exact) mass is 764 g/mol. The summed E-state index contributed by atoms with van der Waals surface area (Å²) in [5, 5.41) is 15.7. The number of aromatic nitrogens is 4. The van der Waals surface area contributed by atoms with Crippen LogP contribution in [-0.2, 0) is 24.9 Å². The Labute approximate surface area is 271 Å². The Bertz CT molecular complexity index is 2150. The molecule has 0 unspecified atom stereocenters. The molecular formula is C37H39IrN4O2-. The maximum Gasteiger partial charge on any atom is 0.162 e. The smallest absolute Gasteiger partial charge is 0.162 e. The van der Waals surface area contributed by atoms with Crippen LogP contribution in [0.15, 0.2) is 66.6 Å². The van der Waals surface area contributed by atoms with Crippen LogP contribution in [0.2, 0.25) is 0 Å². The average Bonchev–Trinajstić information content (AvgIpc) is 3.52. The van der Waals surface area contributed by atoms with Crippen molar-refractivity contribution in [1.29, 1.82) is 0 Å². The van der Waals surface area contributed by atoms with E-state index < -0.39 is 0 Å². The van der Waals surface area contributed by atoms with Crippen molar-refractivity contribution in [2.75, 3.05) is 0 Å². The molecule has 0 spiro atoms. The van der Waals surface area contributed by atoms with Gasteiger partial charge in [0.25, 0.3) is 0 Å². The van der Waals surface area contributed by atoms with Crippen LogP contribution in [0.3, 0.4) is 0 Å². The number of ketones is 1. The Hall–Kier alpha value is -3.80. The molecule has 0 aliphatic heterocycles. The maximum absolute atomic E-state index is 11.7. The fraction of sp³-hybridized carbons (Fsp3) is 0.324. The third-order valence-corrected chi connectivity index (χ3v) is 9.01. The Morgan fingerprint density at radius 3 is 2.34 bits per heavy atom. The van der Waals surface area contributed by atoms with Crippen LogP contribution in [0.1, 0.15) is 64.6 Å². The number of carbonyl (C=O) groups is 1. The predicted octanol–water partition coefficient (Wildman–Crippen LogP) is 9.32. The van der Waals surface area contributed by atoms with E-state index >= 15 is 0 Å². The molecule has 0 fully saturated rings. The Morgan fingerprint density at radius 2 is 1.64 bits per heavy atom. The molecular weight excluding hydrogens is 725 g/mol. The first-order chi connectivity index (χ1) is 20.8. The molecule has 44 heavy (non-hydrogen) atoms. The molecule has 0 amide bonds. The summed E-state index contributed by atoms with van der Waals surface area (Å²) in [5.41, 5.74) is 7.53. The maximum atomic E-state index is 11.7. The van der Waals surface area contributed by atoms with E-state index in [1.165, 1.54) is 38.8 Å². The number of benzene rings is 3. The Balaban J connectivity index is 0.000000209. The van der Waals surface area contributed by atoms with Gasteiger partial charge in [0.1, 0.15) is 11.3 Å². The third kappa shape index (κ3) is 5.06. The molecule has 1 radical (unpaired) electrons. The molecule has 229 valence electrons. The fourth-order valence-electron chi connectivity index (χ4n) is 6.62. The van der Waals surface area contributed by atoms with E-state index in [-0.39, 0.29) is 43.5 Å². The summed E-state index contributed by atoms with van der Waals surface area (Å²) < 4.78 is 4.52. The second-order valence-electron chi connectivity index (χ2n) is 11.6. The van der Waals surface area contributed by atoms with Crippen molar-refractivity contribution in [3.05, 3.63) is 83.9 Å². The molecule has 4 aromatic heterocycles. The van der Waals surface area contributed by atoms with Crippen LogP contribution in [0.4, 0.5) is 0 Å². The van der Waals surface area contributed by atoms with Crippen LogP contribution in [0, 0.1) is 31.7 Å². The van der Waals surface area contributed by atoms with Gasteiger partial charge in [0.15, 0.2) is 5.78 Å². The second kappa shape index (κ2) is 12.7. The topological polar surface area (TPSA) is 71.9 Å². The molecule has 7 aromatic rings. The molecule has 7 rings (SSSR count). The zero-order chi connectivity index (χ0) is 30.4. The summed E-state index contributed by atoms with van der Waals surface area (Å²) in [7, 11) is 0. The molecule has 0 atom stereocenters. The van der Waals surface area contributed by atoms with Gasteiger partial charge in [-0.1, -0.05) is 79.7 Å². The van der Waals surface area contributed by atoms with Crippen molar-refractivity contribution in [2.24, 2.45) is 11.8 Å². The summed E-state index contributed by atoms with van der Waals surface area (Å²) >= 11 is 0. The van der Waals surface area contributed by atoms with Crippen molar-refractivity contribution >= 4 is 60.7 Å². The largest absolute Gasteiger partial charge is 0.512 e. The van der Waals surface area contributed by atoms with Crippen molar-refractivity contribution in [2.45, 2.75) is 67.2 Å². The molecule has 6 nitrogen and oxygen atoms in total. The quantitative estimate of drug-likeness (QED) is 0.0578. The van der Waals surface area contributed by atoms with E-state index in [1.54, 1.807) is 0 Å². The first kappa shape index (κ1) is 31.6. The van der Waals surface area contributed by atoms with Gasteiger partial charge in [-0.25, -0.2) is 4.98 Å². The number of nitrogens with zero attached hydrogens (tertiary/aromatic N) is 4. The summed E-state index contributed by atoms with van der Waals surface area (Å²) in [4.78, 5) is 21.3. The van der Waals surface area contributed by atoms with E-state index in [4.69, 9.17) is 9.97 Å². The number of allylic oxidation sites excluding steroid dienone is 2. The van der Waals surface area contributed by atoms with E-state index in [1.807, 2.05) is 40.0 Å². The van der Waals surface area contributed by atoms with Crippen molar-refractivity contribution < 1.29 is 30.0 Å². The molecule has 0 saturated carbocycles. The SMILES string of the molecule is CCC(CC)C(=O)/C=C(\O)C(CC)CC.Cc1ccc2c([c-]c3c4nccc5nc(C)c(n54)n4c5ccccc5c2c34)c1.[Ir]. The van der Waals surface area contributed by atoms with E-state index in [2.05, 4.69) is 71.2 Å². The van der Waals surface area contributed by atoms with Crippen molar-refractivity contribution in [3.63, 3.8) is 0 Å². The molecule has 0 aliphatic rings. The zero-order valence-corrected chi connectivity index (χ0v) is 28.6. The van der Waals surface area contributed by atoms with Gasteiger partial charge in [-0.05, 0) is 62.6 Å². The minimum absolute atomic E-state index is 0. The Morgan fingerprint density at radius 1 is 0.932 bits per heavy atom. The summed E-state index contributed by atoms with van der Waals surface area (Å²) in [6, 6.07) is 20.9. The van der Waals surface area contributed by atoms with Crippen LogP contribution in [0.25, 0.3) is 54.9 Å². The van der Waals surface area contributed by atoms with Gasteiger partial charge < -0.3 is 9.51 Å². The second-order valence-corrected chi connectivity index (χ2v) is 11.6. The zero-order valence-electron chi connectivity index (χ0n) is 26.2. The number of aliphatic hydroxyl groups excluding tert-OH is 1. The number of fused-ring (bicyclic) bond motifs is 7. The van der Waals surface area contributed by atoms with Gasteiger partial charge in [0.05, 0.1) is 17.1 Å². The van der Waals surface area contributed by atoms with Crippen LogP contribution < -0.4 is 0 Å². The third-order valence-electron chi connectivity index (χ3n) is 9.01. The van der Waals surface area contributed by atoms with Crippen LogP contribution >= 0.6 is 0 Å². The van der Waals surface area contributed by atoms with E-state index in [0.717, 1.165) is 59.1 Å². The van der Waals surface area contributed by atoms with Crippen LogP contribution in [0.5, 0.6) is 0 Å². The molecule has 3 aromatic carbocycles. The number of rotatable bonds is 7. The number of aryl methyl sites for hydroxylation is 2. The first-order valence-corrected chi connectivity index (χ1v) is 15.5. The van der Waals surface area contributed by atoms with Crippen molar-refractivity contribution in [1.82, 2.24) is 18.8 Å². The number of para-hydroxylation sites is 1. The average molecular weight is 764 g/mol. The molecule has 0 bridgehead atoms. The number of imidazole rings is 1. The first-order valence-electron chi connectivity index (χ1n) is 15.5. The summed E-state index contributed by atoms with van der Waals surface area (Å²) in [6.07, 6.45) is 6.75. The molecule has 4 heterocycles. The summed E-state index contributed by atoms with van der Waals surface area (Å²) in [6.45, 7) is 12.3. The Kier molecular flexibility index (Phi) is 9.10. The van der Waals surface area contributed by atoms with E-state index in [9.17, 15) is 9.90 Å². The molecule has 1 N–H and O–H groups in total. The predicted molar refractivity (Wildman–Crippen MR) is 177 cm³/mol. The van der Waals surface area contributed by atoms with Crippen LogP contribution in [-0.4, -0.2) is 29.7 Å². The number of aliphatic hydroxyl groups is 1. The number of hydrogen-bond donors (Lipinski definition) is 1. The number of carbonyl (C=O) groups excluding carboxylic acids is 1. The minimum atomic E-state index is 0. The molecule has 0 saturated heterocycles.